The second-order valence-electron chi connectivity index (χ2n) is 5.72. The van der Waals surface area contributed by atoms with E-state index in [0.29, 0.717) is 19.8 Å². The van der Waals surface area contributed by atoms with E-state index in [0.717, 1.165) is 12.8 Å². The van der Waals surface area contributed by atoms with E-state index < -0.39 is 5.97 Å². The minimum absolute atomic E-state index is 0.0711. The van der Waals surface area contributed by atoms with Crippen molar-refractivity contribution in [3.63, 3.8) is 0 Å². The molecule has 1 aliphatic rings. The highest BCUT2D eigenvalue weighted by molar-refractivity contribution is 5.76. The molecule has 122 valence electrons. The van der Waals surface area contributed by atoms with Gasteiger partial charge in [0.2, 0.25) is 0 Å². The SMILES string of the molecule is CCCCCCC(C)NC(=O)N1CCOCC1CC(=O)O. The maximum absolute atomic E-state index is 12.3. The fourth-order valence-electron chi connectivity index (χ4n) is 2.54. The molecule has 2 N–H and O–H groups in total. The Labute approximate surface area is 126 Å². The number of amides is 2. The zero-order chi connectivity index (χ0) is 15.7. The summed E-state index contributed by atoms with van der Waals surface area (Å²) in [6, 6.07) is -0.432. The molecule has 1 fully saturated rings. The fraction of sp³-hybridized carbons (Fsp3) is 0.867. The smallest absolute Gasteiger partial charge is 0.318 e. The molecule has 21 heavy (non-hydrogen) atoms. The van der Waals surface area contributed by atoms with E-state index in [1.807, 2.05) is 6.92 Å². The Bertz CT molecular complexity index is 336. The number of carboxylic acid groups (broad SMARTS) is 1. The lowest BCUT2D eigenvalue weighted by molar-refractivity contribution is -0.139. The number of rotatable bonds is 8. The first kappa shape index (κ1) is 17.8. The predicted molar refractivity (Wildman–Crippen MR) is 80.3 cm³/mol. The van der Waals surface area contributed by atoms with Crippen LogP contribution in [0.3, 0.4) is 0 Å². The number of ether oxygens (including phenoxy) is 1. The largest absolute Gasteiger partial charge is 0.481 e. The van der Waals surface area contributed by atoms with Crippen LogP contribution in [0.4, 0.5) is 4.79 Å². The second kappa shape index (κ2) is 9.60. The quantitative estimate of drug-likeness (QED) is 0.674. The molecule has 0 aromatic heterocycles. The van der Waals surface area contributed by atoms with Crippen LogP contribution in [-0.4, -0.2) is 53.8 Å². The number of carboxylic acids is 1. The molecule has 0 saturated carbocycles. The second-order valence-corrected chi connectivity index (χ2v) is 5.72. The van der Waals surface area contributed by atoms with Crippen molar-refractivity contribution in [2.45, 2.75) is 64.5 Å². The number of morpholine rings is 1. The zero-order valence-electron chi connectivity index (χ0n) is 13.1. The van der Waals surface area contributed by atoms with Crippen molar-refractivity contribution >= 4 is 12.0 Å². The molecule has 0 bridgehead atoms. The van der Waals surface area contributed by atoms with E-state index in [2.05, 4.69) is 12.2 Å². The van der Waals surface area contributed by atoms with E-state index in [1.54, 1.807) is 4.90 Å². The van der Waals surface area contributed by atoms with Crippen molar-refractivity contribution in [3.8, 4) is 0 Å². The lowest BCUT2D eigenvalue weighted by Gasteiger charge is -2.35. The Morgan fingerprint density at radius 3 is 2.81 bits per heavy atom. The molecular weight excluding hydrogens is 272 g/mol. The number of carbonyl (C=O) groups is 2. The van der Waals surface area contributed by atoms with Gasteiger partial charge in [0.1, 0.15) is 0 Å². The van der Waals surface area contributed by atoms with Crippen molar-refractivity contribution in [1.82, 2.24) is 10.2 Å². The normalized spacial score (nSPS) is 20.1. The Morgan fingerprint density at radius 1 is 1.38 bits per heavy atom. The number of hydrogen-bond acceptors (Lipinski definition) is 3. The number of carbonyl (C=O) groups excluding carboxylic acids is 1. The number of aliphatic carboxylic acids is 1. The molecule has 1 saturated heterocycles. The van der Waals surface area contributed by atoms with Gasteiger partial charge in [-0.05, 0) is 13.3 Å². The Kier molecular flexibility index (Phi) is 8.12. The van der Waals surface area contributed by atoms with Gasteiger partial charge in [0.25, 0.3) is 0 Å². The van der Waals surface area contributed by atoms with Gasteiger partial charge < -0.3 is 20.1 Å². The third-order valence-corrected chi connectivity index (χ3v) is 3.76. The molecule has 0 aliphatic carbocycles. The molecule has 0 aromatic carbocycles. The summed E-state index contributed by atoms with van der Waals surface area (Å²) < 4.78 is 5.28. The van der Waals surface area contributed by atoms with Gasteiger partial charge in [0.05, 0.1) is 25.7 Å². The van der Waals surface area contributed by atoms with Gasteiger partial charge >= 0.3 is 12.0 Å². The molecule has 6 heteroatoms. The number of nitrogens with zero attached hydrogens (tertiary/aromatic N) is 1. The summed E-state index contributed by atoms with van der Waals surface area (Å²) in [4.78, 5) is 24.7. The summed E-state index contributed by atoms with van der Waals surface area (Å²) in [5, 5.41) is 11.9. The number of urea groups is 1. The molecule has 1 heterocycles. The van der Waals surface area contributed by atoms with E-state index in [1.165, 1.54) is 19.3 Å². The highest BCUT2D eigenvalue weighted by Gasteiger charge is 2.29. The van der Waals surface area contributed by atoms with E-state index in [9.17, 15) is 9.59 Å². The van der Waals surface area contributed by atoms with Crippen LogP contribution >= 0.6 is 0 Å². The Morgan fingerprint density at radius 2 is 2.14 bits per heavy atom. The van der Waals surface area contributed by atoms with Crippen molar-refractivity contribution in [1.29, 1.82) is 0 Å². The van der Waals surface area contributed by atoms with E-state index >= 15 is 0 Å². The van der Waals surface area contributed by atoms with E-state index in [4.69, 9.17) is 9.84 Å². The van der Waals surface area contributed by atoms with Gasteiger partial charge in [-0.2, -0.15) is 0 Å². The lowest BCUT2D eigenvalue weighted by atomic mass is 10.1. The molecule has 2 amide bonds. The standard InChI is InChI=1S/C15H28N2O4/c1-3-4-5-6-7-12(2)16-15(20)17-8-9-21-11-13(17)10-14(18)19/h12-13H,3-11H2,1-2H3,(H,16,20)(H,18,19). The van der Waals surface area contributed by atoms with Gasteiger partial charge in [-0.1, -0.05) is 32.6 Å². The molecule has 1 aliphatic heterocycles. The highest BCUT2D eigenvalue weighted by atomic mass is 16.5. The average Bonchev–Trinajstić information content (AvgIpc) is 2.43. The van der Waals surface area contributed by atoms with Crippen LogP contribution in [0.1, 0.15) is 52.4 Å². The number of nitrogens with one attached hydrogen (secondary N) is 1. The maximum Gasteiger partial charge on any atom is 0.318 e. The monoisotopic (exact) mass is 300 g/mol. The summed E-state index contributed by atoms with van der Waals surface area (Å²) >= 11 is 0. The summed E-state index contributed by atoms with van der Waals surface area (Å²) in [6.45, 7) is 5.38. The van der Waals surface area contributed by atoms with Gasteiger partial charge in [-0.15, -0.1) is 0 Å². The number of hydrogen-bond donors (Lipinski definition) is 2. The average molecular weight is 300 g/mol. The fourth-order valence-corrected chi connectivity index (χ4v) is 2.54. The third kappa shape index (κ3) is 6.80. The molecule has 0 radical (unpaired) electrons. The van der Waals surface area contributed by atoms with Crippen LogP contribution < -0.4 is 5.32 Å². The topological polar surface area (TPSA) is 78.9 Å². The third-order valence-electron chi connectivity index (χ3n) is 3.76. The van der Waals surface area contributed by atoms with E-state index in [-0.39, 0.29) is 24.5 Å². The van der Waals surface area contributed by atoms with Crippen molar-refractivity contribution in [2.24, 2.45) is 0 Å². The van der Waals surface area contributed by atoms with Crippen LogP contribution in [0.25, 0.3) is 0 Å². The summed E-state index contributed by atoms with van der Waals surface area (Å²) in [5.41, 5.74) is 0. The maximum atomic E-state index is 12.3. The van der Waals surface area contributed by atoms with Gasteiger partial charge in [0, 0.05) is 12.6 Å². The molecule has 1 rings (SSSR count). The van der Waals surface area contributed by atoms with Gasteiger partial charge in [-0.25, -0.2) is 4.79 Å². The lowest BCUT2D eigenvalue weighted by Crippen LogP contribution is -2.54. The van der Waals surface area contributed by atoms with Crippen LogP contribution in [0.15, 0.2) is 0 Å². The summed E-state index contributed by atoms with van der Waals surface area (Å²) in [5.74, 6) is -0.907. The summed E-state index contributed by atoms with van der Waals surface area (Å²) in [7, 11) is 0. The Hall–Kier alpha value is -1.30. The van der Waals surface area contributed by atoms with Crippen LogP contribution in [0, 0.1) is 0 Å². The predicted octanol–water partition coefficient (Wildman–Crippen LogP) is 2.23. The highest BCUT2D eigenvalue weighted by Crippen LogP contribution is 2.12. The van der Waals surface area contributed by atoms with Gasteiger partial charge in [0.15, 0.2) is 0 Å². The van der Waals surface area contributed by atoms with Crippen LogP contribution in [0.5, 0.6) is 0 Å². The molecule has 0 aromatic rings. The molecule has 6 nitrogen and oxygen atoms in total. The molecule has 2 unspecified atom stereocenters. The van der Waals surface area contributed by atoms with Crippen molar-refractivity contribution in [2.75, 3.05) is 19.8 Å². The van der Waals surface area contributed by atoms with Gasteiger partial charge in [-0.3, -0.25) is 4.79 Å². The van der Waals surface area contributed by atoms with Crippen LogP contribution in [0.2, 0.25) is 0 Å². The summed E-state index contributed by atoms with van der Waals surface area (Å²) in [6.07, 6.45) is 5.61. The first-order valence-electron chi connectivity index (χ1n) is 7.91. The first-order valence-corrected chi connectivity index (χ1v) is 7.91. The molecule has 2 atom stereocenters. The molecule has 0 spiro atoms. The minimum atomic E-state index is -0.907. The molecular formula is C15H28N2O4. The number of unbranched alkanes of at least 4 members (excludes halogenated alkanes) is 3. The van der Waals surface area contributed by atoms with Crippen molar-refractivity contribution in [3.05, 3.63) is 0 Å². The first-order chi connectivity index (χ1) is 10.0. The zero-order valence-corrected chi connectivity index (χ0v) is 13.1. The van der Waals surface area contributed by atoms with Crippen LogP contribution in [-0.2, 0) is 9.53 Å². The Balaban J connectivity index is 2.38. The van der Waals surface area contributed by atoms with Crippen molar-refractivity contribution < 1.29 is 19.4 Å². The minimum Gasteiger partial charge on any atom is -0.481 e.